The quantitative estimate of drug-likeness (QED) is 0.307. The van der Waals surface area contributed by atoms with Crippen LogP contribution in [-0.2, 0) is 16.0 Å². The lowest BCUT2D eigenvalue weighted by atomic mass is 10.1. The number of carbonyl (C=O) groups is 2. The maximum Gasteiger partial charge on any atom is 0.419 e. The van der Waals surface area contributed by atoms with Gasteiger partial charge in [-0.3, -0.25) is 0 Å². The third-order valence-electron chi connectivity index (χ3n) is 5.27. The molecule has 2 aromatic carbocycles. The van der Waals surface area contributed by atoms with Crippen LogP contribution in [0.3, 0.4) is 0 Å². The molecule has 4 aromatic rings. The number of para-hydroxylation sites is 1. The molecule has 0 saturated carbocycles. The number of nitrogens with zero attached hydrogens (tertiary/aromatic N) is 4. The second kappa shape index (κ2) is 10.4. The Morgan fingerprint density at radius 1 is 1.14 bits per heavy atom. The number of imidazole rings is 1. The number of halogens is 1. The van der Waals surface area contributed by atoms with Gasteiger partial charge in [-0.05, 0) is 31.5 Å². The number of anilines is 2. The number of benzene rings is 2. The van der Waals surface area contributed by atoms with Crippen LogP contribution in [0.5, 0.6) is 0 Å². The second-order valence-corrected chi connectivity index (χ2v) is 7.93. The van der Waals surface area contributed by atoms with Crippen LogP contribution in [0, 0.1) is 6.92 Å². The molecule has 4 rings (SSSR count). The van der Waals surface area contributed by atoms with E-state index in [0.29, 0.717) is 45.7 Å². The van der Waals surface area contributed by atoms with E-state index in [9.17, 15) is 9.59 Å². The minimum Gasteiger partial charge on any atom is -0.464 e. The zero-order valence-corrected chi connectivity index (χ0v) is 20.2. The van der Waals surface area contributed by atoms with Gasteiger partial charge in [-0.15, -0.1) is 0 Å². The van der Waals surface area contributed by atoms with Gasteiger partial charge in [0.25, 0.3) is 0 Å². The maximum atomic E-state index is 13.0. The first-order valence-electron chi connectivity index (χ1n) is 10.8. The van der Waals surface area contributed by atoms with Crippen LogP contribution in [-0.4, -0.2) is 40.5 Å². The number of aryl methyl sites for hydroxylation is 1. The van der Waals surface area contributed by atoms with Crippen molar-refractivity contribution in [3.63, 3.8) is 0 Å². The molecule has 0 radical (unpaired) electrons. The van der Waals surface area contributed by atoms with Gasteiger partial charge in [0.2, 0.25) is 0 Å². The Labute approximate surface area is 206 Å². The van der Waals surface area contributed by atoms with E-state index in [2.05, 4.69) is 10.1 Å². The van der Waals surface area contributed by atoms with Crippen LogP contribution in [0.25, 0.3) is 11.3 Å². The Morgan fingerprint density at radius 2 is 1.89 bits per heavy atom. The fraction of sp³-hybridized carbons (Fsp3) is 0.200. The lowest BCUT2D eigenvalue weighted by Crippen LogP contribution is -2.27. The van der Waals surface area contributed by atoms with Crippen LogP contribution in [0.2, 0.25) is 5.02 Å². The molecule has 180 valence electrons. The average Bonchev–Trinajstić information content (AvgIpc) is 3.47. The van der Waals surface area contributed by atoms with E-state index in [1.165, 1.54) is 18.2 Å². The highest BCUT2D eigenvalue weighted by atomic mass is 35.5. The summed E-state index contributed by atoms with van der Waals surface area (Å²) in [5, 5.41) is 4.48. The number of esters is 1. The average molecular weight is 495 g/mol. The largest absolute Gasteiger partial charge is 0.464 e. The Hall–Kier alpha value is -4.11. The number of amides is 1. The minimum absolute atomic E-state index is 0.190. The first-order valence-corrected chi connectivity index (χ1v) is 11.2. The topological polar surface area (TPSA) is 99.7 Å². The smallest absolute Gasteiger partial charge is 0.419 e. The number of ether oxygens (including phenoxy) is 2. The first kappa shape index (κ1) is 24.0. The van der Waals surface area contributed by atoms with Crippen molar-refractivity contribution in [1.29, 1.82) is 0 Å². The minimum atomic E-state index is -0.597. The zero-order valence-electron chi connectivity index (χ0n) is 19.4. The van der Waals surface area contributed by atoms with Gasteiger partial charge < -0.3 is 18.6 Å². The number of aromatic nitrogens is 3. The number of rotatable bonds is 7. The van der Waals surface area contributed by atoms with Gasteiger partial charge in [0.15, 0.2) is 5.76 Å². The molecule has 10 heteroatoms. The molecule has 2 heterocycles. The molecule has 0 N–H and O–H groups in total. The highest BCUT2D eigenvalue weighted by molar-refractivity contribution is 6.34. The summed E-state index contributed by atoms with van der Waals surface area (Å²) in [5.74, 6) is -0.0700. The first-order chi connectivity index (χ1) is 16.9. The summed E-state index contributed by atoms with van der Waals surface area (Å²) in [6, 6.07) is 14.5. The molecule has 0 aliphatic heterocycles. The monoisotopic (exact) mass is 494 g/mol. The Balaban J connectivity index is 1.70. The van der Waals surface area contributed by atoms with Crippen molar-refractivity contribution < 1.29 is 23.6 Å². The van der Waals surface area contributed by atoms with Crippen molar-refractivity contribution in [3.05, 3.63) is 83.0 Å². The van der Waals surface area contributed by atoms with E-state index in [1.807, 2.05) is 24.3 Å². The van der Waals surface area contributed by atoms with E-state index in [4.69, 9.17) is 25.6 Å². The molecule has 35 heavy (non-hydrogen) atoms. The van der Waals surface area contributed by atoms with Gasteiger partial charge in [0.05, 0.1) is 37.0 Å². The van der Waals surface area contributed by atoms with E-state index in [0.717, 1.165) is 5.56 Å². The molecule has 0 spiro atoms. The lowest BCUT2D eigenvalue weighted by molar-refractivity contribution is 0.0589. The number of hydrogen-bond donors (Lipinski definition) is 0. The van der Waals surface area contributed by atoms with Crippen molar-refractivity contribution in [1.82, 2.24) is 14.7 Å². The molecular weight excluding hydrogens is 472 g/mol. The van der Waals surface area contributed by atoms with Crippen LogP contribution in [0.1, 0.15) is 28.7 Å². The van der Waals surface area contributed by atoms with Gasteiger partial charge in [0.1, 0.15) is 17.1 Å². The van der Waals surface area contributed by atoms with Crippen LogP contribution >= 0.6 is 11.6 Å². The SMILES string of the molecule is CCOC(=O)N(c1ccccc1Cl)c1c(C)noc1-c1ccc(Cn2cncc2C(=O)OC)cc1. The summed E-state index contributed by atoms with van der Waals surface area (Å²) in [6.07, 6.45) is 2.43. The normalized spacial score (nSPS) is 10.7. The Bertz CT molecular complexity index is 1350. The molecule has 0 fully saturated rings. The van der Waals surface area contributed by atoms with Gasteiger partial charge in [0, 0.05) is 12.1 Å². The summed E-state index contributed by atoms with van der Waals surface area (Å²) >= 11 is 6.42. The molecule has 1 amide bonds. The summed E-state index contributed by atoms with van der Waals surface area (Å²) in [7, 11) is 1.33. The standard InChI is InChI=1S/C25H23ClN4O5/c1-4-34-25(32)30(20-8-6-5-7-19(20)26)22-16(2)28-35-23(22)18-11-9-17(10-12-18)14-29-15-27-13-21(29)24(31)33-3/h5-13,15H,4,14H2,1-3H3. The zero-order chi connectivity index (χ0) is 24.9. The van der Waals surface area contributed by atoms with Crippen molar-refractivity contribution in [2.45, 2.75) is 20.4 Å². The van der Waals surface area contributed by atoms with Gasteiger partial charge in [-0.25, -0.2) is 19.5 Å². The molecule has 0 unspecified atom stereocenters. The van der Waals surface area contributed by atoms with Crippen molar-refractivity contribution in [3.8, 4) is 11.3 Å². The van der Waals surface area contributed by atoms with E-state index < -0.39 is 12.1 Å². The Morgan fingerprint density at radius 3 is 2.57 bits per heavy atom. The third-order valence-corrected chi connectivity index (χ3v) is 5.59. The third kappa shape index (κ3) is 4.90. The van der Waals surface area contributed by atoms with Crippen molar-refractivity contribution >= 4 is 35.0 Å². The Kier molecular flexibility index (Phi) is 7.17. The fourth-order valence-corrected chi connectivity index (χ4v) is 3.85. The summed E-state index contributed by atoms with van der Waals surface area (Å²) in [5.41, 5.74) is 3.36. The molecule has 0 atom stereocenters. The van der Waals surface area contributed by atoms with Gasteiger partial charge in [-0.2, -0.15) is 0 Å². The molecular formula is C25H23ClN4O5. The van der Waals surface area contributed by atoms with Crippen LogP contribution in [0.15, 0.2) is 65.6 Å². The maximum absolute atomic E-state index is 13.0. The van der Waals surface area contributed by atoms with Crippen LogP contribution < -0.4 is 4.90 Å². The number of hydrogen-bond acceptors (Lipinski definition) is 7. The summed E-state index contributed by atoms with van der Waals surface area (Å²) < 4.78 is 17.5. The molecule has 0 aliphatic rings. The predicted octanol–water partition coefficient (Wildman–Crippen LogP) is 5.63. The van der Waals surface area contributed by atoms with Gasteiger partial charge >= 0.3 is 12.1 Å². The second-order valence-electron chi connectivity index (χ2n) is 7.53. The van der Waals surface area contributed by atoms with E-state index in [1.54, 1.807) is 49.0 Å². The summed E-state index contributed by atoms with van der Waals surface area (Å²) in [4.78, 5) is 30.3. The molecule has 0 saturated heterocycles. The highest BCUT2D eigenvalue weighted by Crippen LogP contribution is 2.40. The lowest BCUT2D eigenvalue weighted by Gasteiger charge is -2.23. The number of methoxy groups -OCH3 is 1. The molecule has 0 bridgehead atoms. The molecule has 0 aliphatic carbocycles. The summed E-state index contributed by atoms with van der Waals surface area (Å²) in [6.45, 7) is 4.08. The van der Waals surface area contributed by atoms with Crippen molar-refractivity contribution in [2.75, 3.05) is 18.6 Å². The predicted molar refractivity (Wildman–Crippen MR) is 130 cm³/mol. The van der Waals surface area contributed by atoms with Crippen LogP contribution in [0.4, 0.5) is 16.2 Å². The molecule has 9 nitrogen and oxygen atoms in total. The highest BCUT2D eigenvalue weighted by Gasteiger charge is 2.30. The van der Waals surface area contributed by atoms with E-state index >= 15 is 0 Å². The fourth-order valence-electron chi connectivity index (χ4n) is 3.63. The van der Waals surface area contributed by atoms with Gasteiger partial charge in [-0.1, -0.05) is 53.2 Å². The van der Waals surface area contributed by atoms with E-state index in [-0.39, 0.29) is 6.61 Å². The molecule has 2 aromatic heterocycles. The van der Waals surface area contributed by atoms with Crippen molar-refractivity contribution in [2.24, 2.45) is 0 Å². The number of carbonyl (C=O) groups excluding carboxylic acids is 2.